The van der Waals surface area contributed by atoms with Crippen molar-refractivity contribution < 1.29 is 18.0 Å². The Morgan fingerprint density at radius 2 is 1.58 bits per heavy atom. The van der Waals surface area contributed by atoms with Crippen LogP contribution in [0.4, 0.5) is 5.69 Å². The molecular formula is C31H28N2O4S. The monoisotopic (exact) mass is 524 g/mol. The Bertz CT molecular complexity index is 1660. The third-order valence-corrected chi connectivity index (χ3v) is 8.79. The van der Waals surface area contributed by atoms with Gasteiger partial charge in [0, 0.05) is 5.56 Å². The summed E-state index contributed by atoms with van der Waals surface area (Å²) in [6.45, 7) is 5.97. The molecule has 1 atom stereocenters. The van der Waals surface area contributed by atoms with Crippen LogP contribution in [0.3, 0.4) is 0 Å². The fraction of sp³-hybridized carbons (Fsp3) is 0.161. The molecule has 0 radical (unpaired) electrons. The molecule has 4 aromatic carbocycles. The molecule has 5 rings (SSSR count). The quantitative estimate of drug-likeness (QED) is 0.358. The maximum absolute atomic E-state index is 13.9. The maximum atomic E-state index is 13.9. The molecule has 0 saturated heterocycles. The first-order valence-electron chi connectivity index (χ1n) is 12.4. The molecule has 0 spiro atoms. The molecule has 0 saturated carbocycles. The van der Waals surface area contributed by atoms with Gasteiger partial charge in [-0.25, -0.2) is 8.42 Å². The van der Waals surface area contributed by atoms with E-state index in [0.29, 0.717) is 0 Å². The van der Waals surface area contributed by atoms with Gasteiger partial charge in [0.2, 0.25) is 9.84 Å². The third kappa shape index (κ3) is 4.61. The SMILES string of the molecule is Cc1ccc(C)c(CN2C(=O)c3ccccc3S(=O)(=O)c3ccc(C(=O)NC(C)c4ccccc4)cc32)c1. The van der Waals surface area contributed by atoms with Crippen molar-refractivity contribution in [3.8, 4) is 0 Å². The molecule has 1 N–H and O–H groups in total. The highest BCUT2D eigenvalue weighted by Crippen LogP contribution is 2.38. The van der Waals surface area contributed by atoms with E-state index in [9.17, 15) is 18.0 Å². The van der Waals surface area contributed by atoms with Gasteiger partial charge in [0.1, 0.15) is 0 Å². The van der Waals surface area contributed by atoms with Gasteiger partial charge in [-0.2, -0.15) is 0 Å². The smallest absolute Gasteiger partial charge is 0.259 e. The first kappa shape index (κ1) is 25.4. The van der Waals surface area contributed by atoms with Crippen molar-refractivity contribution in [2.45, 2.75) is 43.1 Å². The zero-order chi connectivity index (χ0) is 27.0. The zero-order valence-electron chi connectivity index (χ0n) is 21.4. The van der Waals surface area contributed by atoms with E-state index in [-0.39, 0.29) is 45.1 Å². The number of nitrogens with zero attached hydrogens (tertiary/aromatic N) is 1. The van der Waals surface area contributed by atoms with E-state index < -0.39 is 15.7 Å². The van der Waals surface area contributed by atoms with Crippen LogP contribution in [0.5, 0.6) is 0 Å². The van der Waals surface area contributed by atoms with Crippen molar-refractivity contribution in [3.05, 3.63) is 124 Å². The first-order valence-corrected chi connectivity index (χ1v) is 13.9. The Morgan fingerprint density at radius 1 is 0.868 bits per heavy atom. The van der Waals surface area contributed by atoms with Crippen LogP contribution in [0, 0.1) is 13.8 Å². The first-order chi connectivity index (χ1) is 18.2. The van der Waals surface area contributed by atoms with E-state index in [2.05, 4.69) is 5.32 Å². The Labute approximate surface area is 222 Å². The summed E-state index contributed by atoms with van der Waals surface area (Å²) >= 11 is 0. The van der Waals surface area contributed by atoms with Gasteiger partial charge in [0.05, 0.1) is 33.6 Å². The summed E-state index contributed by atoms with van der Waals surface area (Å²) in [5.74, 6) is -0.790. The molecule has 0 aromatic heterocycles. The molecule has 0 bridgehead atoms. The third-order valence-electron chi connectivity index (χ3n) is 6.93. The normalized spacial score (nSPS) is 14.7. The number of hydrogen-bond acceptors (Lipinski definition) is 4. The van der Waals surface area contributed by atoms with Crippen molar-refractivity contribution in [2.24, 2.45) is 0 Å². The topological polar surface area (TPSA) is 83.6 Å². The fourth-order valence-corrected chi connectivity index (χ4v) is 6.38. The van der Waals surface area contributed by atoms with Crippen molar-refractivity contribution in [3.63, 3.8) is 0 Å². The van der Waals surface area contributed by atoms with E-state index in [1.54, 1.807) is 12.1 Å². The van der Waals surface area contributed by atoms with Crippen LogP contribution in [0.2, 0.25) is 0 Å². The highest BCUT2D eigenvalue weighted by molar-refractivity contribution is 7.91. The van der Waals surface area contributed by atoms with E-state index >= 15 is 0 Å². The lowest BCUT2D eigenvalue weighted by molar-refractivity contribution is 0.0937. The minimum absolute atomic E-state index is 0.00577. The second-order valence-electron chi connectivity index (χ2n) is 9.61. The van der Waals surface area contributed by atoms with Crippen molar-refractivity contribution >= 4 is 27.3 Å². The van der Waals surface area contributed by atoms with Crippen LogP contribution in [-0.4, -0.2) is 20.2 Å². The summed E-state index contributed by atoms with van der Waals surface area (Å²) in [6.07, 6.45) is 0. The van der Waals surface area contributed by atoms with Gasteiger partial charge in [-0.3, -0.25) is 9.59 Å². The van der Waals surface area contributed by atoms with Crippen molar-refractivity contribution in [1.29, 1.82) is 0 Å². The summed E-state index contributed by atoms with van der Waals surface area (Å²) in [7, 11) is -4.02. The van der Waals surface area contributed by atoms with Crippen molar-refractivity contribution in [1.82, 2.24) is 5.32 Å². The predicted molar refractivity (Wildman–Crippen MR) is 147 cm³/mol. The molecule has 0 fully saturated rings. The molecule has 7 heteroatoms. The van der Waals surface area contributed by atoms with Gasteiger partial charge in [0.25, 0.3) is 11.8 Å². The van der Waals surface area contributed by atoms with Crippen molar-refractivity contribution in [2.75, 3.05) is 4.90 Å². The van der Waals surface area contributed by atoms with Gasteiger partial charge in [-0.1, -0.05) is 66.2 Å². The highest BCUT2D eigenvalue weighted by Gasteiger charge is 2.36. The van der Waals surface area contributed by atoms with Crippen LogP contribution in [0.1, 0.15) is 55.9 Å². The number of nitrogens with one attached hydrogen (secondary N) is 1. The summed E-state index contributed by atoms with van der Waals surface area (Å²) < 4.78 is 27.5. The lowest BCUT2D eigenvalue weighted by Gasteiger charge is -2.25. The van der Waals surface area contributed by atoms with Gasteiger partial charge < -0.3 is 10.2 Å². The summed E-state index contributed by atoms with van der Waals surface area (Å²) in [4.78, 5) is 28.6. The standard InChI is InChI=1S/C31H28N2O4S/c1-20-13-14-21(2)25(17-20)19-33-27-18-24(30(34)32-22(3)23-9-5-4-6-10-23)15-16-29(27)38(36,37)28-12-8-7-11-26(28)31(33)35/h4-18,22H,19H2,1-3H3,(H,32,34). The summed E-state index contributed by atoms with van der Waals surface area (Å²) in [5, 5.41) is 2.97. The van der Waals surface area contributed by atoms with Gasteiger partial charge in [0.15, 0.2) is 0 Å². The molecule has 1 unspecified atom stereocenters. The van der Waals surface area contributed by atoms with E-state index in [4.69, 9.17) is 0 Å². The zero-order valence-corrected chi connectivity index (χ0v) is 22.2. The molecule has 192 valence electrons. The Balaban J connectivity index is 1.62. The molecule has 2 amide bonds. The van der Waals surface area contributed by atoms with Crippen LogP contribution in [0.25, 0.3) is 0 Å². The Kier molecular flexibility index (Phi) is 6.63. The molecule has 1 aliphatic rings. The molecule has 4 aromatic rings. The lowest BCUT2D eigenvalue weighted by Crippen LogP contribution is -2.31. The number of benzene rings is 4. The predicted octanol–water partition coefficient (Wildman–Crippen LogP) is 5.79. The largest absolute Gasteiger partial charge is 0.346 e. The number of anilines is 1. The number of fused-ring (bicyclic) bond motifs is 2. The van der Waals surface area contributed by atoms with E-state index in [0.717, 1.165) is 22.3 Å². The molecular weight excluding hydrogens is 496 g/mol. The molecule has 0 aliphatic carbocycles. The average Bonchev–Trinajstić information content (AvgIpc) is 2.99. The summed E-state index contributed by atoms with van der Waals surface area (Å²) in [6, 6.07) is 26.0. The number of rotatable bonds is 5. The summed E-state index contributed by atoms with van der Waals surface area (Å²) in [5.41, 5.74) is 4.42. The van der Waals surface area contributed by atoms with Gasteiger partial charge in [-0.15, -0.1) is 0 Å². The second-order valence-corrected chi connectivity index (χ2v) is 11.5. The Hall–Kier alpha value is -4.23. The number of amides is 2. The highest BCUT2D eigenvalue weighted by atomic mass is 32.2. The molecule has 1 heterocycles. The molecule has 1 aliphatic heterocycles. The number of sulfone groups is 1. The van der Waals surface area contributed by atoms with E-state index in [1.165, 1.54) is 35.2 Å². The average molecular weight is 525 g/mol. The van der Waals surface area contributed by atoms with Crippen LogP contribution in [-0.2, 0) is 16.4 Å². The minimum Gasteiger partial charge on any atom is -0.346 e. The second kappa shape index (κ2) is 9.91. The number of carbonyl (C=O) groups is 2. The maximum Gasteiger partial charge on any atom is 0.259 e. The van der Waals surface area contributed by atoms with Crippen LogP contribution in [0.15, 0.2) is 101 Å². The van der Waals surface area contributed by atoms with E-state index in [1.807, 2.05) is 69.3 Å². The molecule has 38 heavy (non-hydrogen) atoms. The van der Waals surface area contributed by atoms with Gasteiger partial charge in [-0.05, 0) is 67.8 Å². The van der Waals surface area contributed by atoms with Crippen LogP contribution < -0.4 is 10.2 Å². The van der Waals surface area contributed by atoms with Crippen LogP contribution >= 0.6 is 0 Å². The fourth-order valence-electron chi connectivity index (χ4n) is 4.75. The Morgan fingerprint density at radius 3 is 2.34 bits per heavy atom. The molecule has 6 nitrogen and oxygen atoms in total. The van der Waals surface area contributed by atoms with Gasteiger partial charge >= 0.3 is 0 Å². The number of aryl methyl sites for hydroxylation is 2. The number of carbonyl (C=O) groups excluding carboxylic acids is 2. The lowest BCUT2D eigenvalue weighted by atomic mass is 10.0. The minimum atomic E-state index is -4.02. The number of hydrogen-bond donors (Lipinski definition) is 1.